The first-order chi connectivity index (χ1) is 11.9. The number of nitrogens with one attached hydrogen (secondary N) is 1. The average molecular weight is 380 g/mol. The third kappa shape index (κ3) is 5.48. The molecule has 2 aromatic rings. The lowest BCUT2D eigenvalue weighted by Crippen LogP contribution is -2.20. The van der Waals surface area contributed by atoms with Crippen molar-refractivity contribution in [3.05, 3.63) is 63.6 Å². The van der Waals surface area contributed by atoms with Crippen LogP contribution in [0.4, 0.5) is 5.69 Å². The Bertz CT molecular complexity index is 760. The Hall–Kier alpha value is -2.04. The lowest BCUT2D eigenvalue weighted by atomic mass is 9.99. The van der Waals surface area contributed by atoms with Gasteiger partial charge in [0.15, 0.2) is 6.61 Å². The number of hydrogen-bond donors (Lipinski definition) is 1. The fraction of sp³-hybridized carbons (Fsp3) is 0.263. The molecule has 0 aromatic heterocycles. The molecule has 2 rings (SSSR count). The number of halogens is 2. The Labute approximate surface area is 157 Å². The summed E-state index contributed by atoms with van der Waals surface area (Å²) in [4.78, 5) is 23.8. The molecule has 0 radical (unpaired) electrons. The molecule has 2 aromatic carbocycles. The highest BCUT2D eigenvalue weighted by atomic mass is 35.5. The second-order valence-electron chi connectivity index (χ2n) is 5.68. The summed E-state index contributed by atoms with van der Waals surface area (Å²) in [6.45, 7) is 3.89. The maximum Gasteiger partial charge on any atom is 0.338 e. The third-order valence-electron chi connectivity index (χ3n) is 3.87. The first-order valence-corrected chi connectivity index (χ1v) is 8.68. The molecule has 0 unspecified atom stereocenters. The molecule has 1 amide bonds. The van der Waals surface area contributed by atoms with Crippen molar-refractivity contribution in [1.82, 2.24) is 0 Å². The highest BCUT2D eigenvalue weighted by Crippen LogP contribution is 2.23. The molecule has 132 valence electrons. The smallest absolute Gasteiger partial charge is 0.338 e. The van der Waals surface area contributed by atoms with E-state index >= 15 is 0 Å². The van der Waals surface area contributed by atoms with Gasteiger partial charge in [-0.15, -0.1) is 0 Å². The van der Waals surface area contributed by atoms with Crippen LogP contribution in [0.3, 0.4) is 0 Å². The maximum atomic E-state index is 11.9. The molecule has 0 aliphatic carbocycles. The highest BCUT2D eigenvalue weighted by Gasteiger charge is 2.12. The number of carbonyl (C=O) groups excluding carboxylic acids is 2. The van der Waals surface area contributed by atoms with Gasteiger partial charge in [-0.2, -0.15) is 0 Å². The van der Waals surface area contributed by atoms with Crippen molar-refractivity contribution in [2.45, 2.75) is 26.2 Å². The zero-order valence-electron chi connectivity index (χ0n) is 14.0. The number of amides is 1. The largest absolute Gasteiger partial charge is 0.452 e. The van der Waals surface area contributed by atoms with Crippen LogP contribution in [0.2, 0.25) is 10.0 Å². The summed E-state index contributed by atoms with van der Waals surface area (Å²) in [5.74, 6) is -0.581. The SMILES string of the molecule is CC[C@@H](C)c1ccc(NC(=O)COC(=O)c2ccc(Cl)c(Cl)c2)cc1. The molecule has 0 spiro atoms. The van der Waals surface area contributed by atoms with E-state index in [4.69, 9.17) is 27.9 Å². The summed E-state index contributed by atoms with van der Waals surface area (Å²) >= 11 is 11.6. The van der Waals surface area contributed by atoms with Gasteiger partial charge < -0.3 is 10.1 Å². The molecule has 0 saturated heterocycles. The van der Waals surface area contributed by atoms with Gasteiger partial charge in [0.1, 0.15) is 0 Å². The molecular formula is C19H19Cl2NO3. The van der Waals surface area contributed by atoms with Crippen LogP contribution in [0.1, 0.15) is 42.1 Å². The van der Waals surface area contributed by atoms with Crippen molar-refractivity contribution in [1.29, 1.82) is 0 Å². The van der Waals surface area contributed by atoms with Gasteiger partial charge in [0, 0.05) is 5.69 Å². The van der Waals surface area contributed by atoms with E-state index in [9.17, 15) is 9.59 Å². The lowest BCUT2D eigenvalue weighted by Gasteiger charge is -2.11. The summed E-state index contributed by atoms with van der Waals surface area (Å²) in [6, 6.07) is 12.0. The van der Waals surface area contributed by atoms with Crippen LogP contribution >= 0.6 is 23.2 Å². The van der Waals surface area contributed by atoms with E-state index < -0.39 is 11.9 Å². The predicted molar refractivity (Wildman–Crippen MR) is 101 cm³/mol. The molecule has 0 saturated carbocycles. The first-order valence-electron chi connectivity index (χ1n) is 7.92. The Morgan fingerprint density at radius 3 is 2.36 bits per heavy atom. The summed E-state index contributed by atoms with van der Waals surface area (Å²) in [7, 11) is 0. The van der Waals surface area contributed by atoms with Crippen molar-refractivity contribution >= 4 is 40.8 Å². The minimum absolute atomic E-state index is 0.236. The van der Waals surface area contributed by atoms with E-state index in [0.717, 1.165) is 6.42 Å². The standard InChI is InChI=1S/C19H19Cl2NO3/c1-3-12(2)13-4-7-15(8-5-13)22-18(23)11-25-19(24)14-6-9-16(20)17(21)10-14/h4-10,12H,3,11H2,1-2H3,(H,22,23)/t12-/m1/s1. The van der Waals surface area contributed by atoms with Gasteiger partial charge in [-0.1, -0.05) is 49.2 Å². The predicted octanol–water partition coefficient (Wildman–Crippen LogP) is 5.30. The van der Waals surface area contributed by atoms with Crippen molar-refractivity contribution in [2.75, 3.05) is 11.9 Å². The van der Waals surface area contributed by atoms with Crippen molar-refractivity contribution in [2.24, 2.45) is 0 Å². The summed E-state index contributed by atoms with van der Waals surface area (Å²) in [6.07, 6.45) is 1.05. The van der Waals surface area contributed by atoms with E-state index in [0.29, 0.717) is 16.6 Å². The molecular weight excluding hydrogens is 361 g/mol. The quantitative estimate of drug-likeness (QED) is 0.692. The summed E-state index contributed by atoms with van der Waals surface area (Å²) < 4.78 is 4.98. The van der Waals surface area contributed by atoms with E-state index in [1.807, 2.05) is 24.3 Å². The van der Waals surface area contributed by atoms with Gasteiger partial charge in [0.05, 0.1) is 15.6 Å². The topological polar surface area (TPSA) is 55.4 Å². The Kier molecular flexibility index (Phi) is 6.85. The molecule has 0 bridgehead atoms. The van der Waals surface area contributed by atoms with Crippen LogP contribution in [0, 0.1) is 0 Å². The number of benzene rings is 2. The maximum absolute atomic E-state index is 11.9. The number of esters is 1. The van der Waals surface area contributed by atoms with Crippen LogP contribution in [0.5, 0.6) is 0 Å². The molecule has 1 atom stereocenters. The van der Waals surface area contributed by atoms with Gasteiger partial charge in [0.25, 0.3) is 5.91 Å². The third-order valence-corrected chi connectivity index (χ3v) is 4.60. The van der Waals surface area contributed by atoms with Crippen LogP contribution < -0.4 is 5.32 Å². The molecule has 0 aliphatic heterocycles. The molecule has 0 fully saturated rings. The Morgan fingerprint density at radius 2 is 1.76 bits per heavy atom. The second kappa shape index (κ2) is 8.88. The minimum Gasteiger partial charge on any atom is -0.452 e. The zero-order valence-corrected chi connectivity index (χ0v) is 15.5. The first kappa shape index (κ1) is 19.3. The zero-order chi connectivity index (χ0) is 18.4. The van der Waals surface area contributed by atoms with E-state index in [1.165, 1.54) is 23.8 Å². The van der Waals surface area contributed by atoms with E-state index in [-0.39, 0.29) is 17.2 Å². The number of carbonyl (C=O) groups is 2. The molecule has 1 N–H and O–H groups in total. The normalized spacial score (nSPS) is 11.7. The Balaban J connectivity index is 1.87. The number of rotatable bonds is 6. The van der Waals surface area contributed by atoms with Crippen LogP contribution in [0.25, 0.3) is 0 Å². The van der Waals surface area contributed by atoms with Crippen molar-refractivity contribution in [3.63, 3.8) is 0 Å². The van der Waals surface area contributed by atoms with E-state index in [2.05, 4.69) is 19.2 Å². The van der Waals surface area contributed by atoms with Gasteiger partial charge in [-0.3, -0.25) is 4.79 Å². The second-order valence-corrected chi connectivity index (χ2v) is 6.50. The minimum atomic E-state index is -0.638. The van der Waals surface area contributed by atoms with Crippen molar-refractivity contribution < 1.29 is 14.3 Å². The number of ether oxygens (including phenoxy) is 1. The number of hydrogen-bond acceptors (Lipinski definition) is 3. The average Bonchev–Trinajstić information content (AvgIpc) is 2.62. The van der Waals surface area contributed by atoms with Gasteiger partial charge in [0.2, 0.25) is 0 Å². The Morgan fingerprint density at radius 1 is 1.08 bits per heavy atom. The number of anilines is 1. The fourth-order valence-electron chi connectivity index (χ4n) is 2.17. The summed E-state index contributed by atoms with van der Waals surface area (Å²) in [5.41, 5.74) is 2.11. The van der Waals surface area contributed by atoms with Crippen LogP contribution in [0.15, 0.2) is 42.5 Å². The molecule has 6 heteroatoms. The molecule has 0 heterocycles. The highest BCUT2D eigenvalue weighted by molar-refractivity contribution is 6.42. The van der Waals surface area contributed by atoms with Crippen LogP contribution in [-0.2, 0) is 9.53 Å². The molecule has 4 nitrogen and oxygen atoms in total. The lowest BCUT2D eigenvalue weighted by molar-refractivity contribution is -0.119. The monoisotopic (exact) mass is 379 g/mol. The van der Waals surface area contributed by atoms with Gasteiger partial charge in [-0.05, 0) is 48.2 Å². The molecule has 0 aliphatic rings. The molecule has 25 heavy (non-hydrogen) atoms. The van der Waals surface area contributed by atoms with Gasteiger partial charge >= 0.3 is 5.97 Å². The van der Waals surface area contributed by atoms with Gasteiger partial charge in [-0.25, -0.2) is 4.79 Å². The van der Waals surface area contributed by atoms with E-state index in [1.54, 1.807) is 0 Å². The fourth-order valence-corrected chi connectivity index (χ4v) is 2.46. The van der Waals surface area contributed by atoms with Crippen LogP contribution in [-0.4, -0.2) is 18.5 Å². The van der Waals surface area contributed by atoms with Crippen molar-refractivity contribution in [3.8, 4) is 0 Å². The summed E-state index contributed by atoms with van der Waals surface area (Å²) in [5, 5.41) is 3.29.